The third kappa shape index (κ3) is 4.56. The molecule has 0 radical (unpaired) electrons. The molecule has 0 N–H and O–H groups in total. The Kier molecular flexibility index (Phi) is 6.36. The Morgan fingerprint density at radius 3 is 2.68 bits per heavy atom. The van der Waals surface area contributed by atoms with Crippen LogP contribution in [-0.2, 0) is 0 Å². The fourth-order valence-electron chi connectivity index (χ4n) is 4.69. The van der Waals surface area contributed by atoms with Gasteiger partial charge in [0, 0.05) is 42.3 Å². The van der Waals surface area contributed by atoms with E-state index in [9.17, 15) is 4.79 Å². The van der Waals surface area contributed by atoms with Gasteiger partial charge in [-0.25, -0.2) is 4.68 Å². The highest BCUT2D eigenvalue weighted by molar-refractivity contribution is 5.94. The minimum Gasteiger partial charge on any atom is -0.338 e. The van der Waals surface area contributed by atoms with E-state index < -0.39 is 0 Å². The minimum atomic E-state index is 0.107. The zero-order valence-corrected chi connectivity index (χ0v) is 19.8. The van der Waals surface area contributed by atoms with Crippen LogP contribution in [0.2, 0.25) is 0 Å². The molecule has 5 rings (SSSR count). The summed E-state index contributed by atoms with van der Waals surface area (Å²) < 4.78 is 1.73. The second kappa shape index (κ2) is 9.73. The van der Waals surface area contributed by atoms with Gasteiger partial charge in [-0.3, -0.25) is 9.78 Å². The largest absolute Gasteiger partial charge is 0.338 e. The van der Waals surface area contributed by atoms with Crippen molar-refractivity contribution in [2.75, 3.05) is 32.7 Å². The first-order valence-corrected chi connectivity index (χ1v) is 12.0. The molecule has 0 bridgehead atoms. The van der Waals surface area contributed by atoms with E-state index in [-0.39, 0.29) is 5.91 Å². The standard InChI is InChI=1S/C27H30N6O/c1-3-31(4-2)17-20-13-14-32(18-20)27(34)21-9-11-24(12-10-21)33-19-26(29-30-33)23-15-22-7-5-6-8-25(22)28-16-23/h5-12,15-16,19-20H,3-4,13-14,17-18H2,1-2H3. The number of rotatable bonds is 7. The molecule has 1 unspecified atom stereocenters. The molecule has 174 valence electrons. The Morgan fingerprint density at radius 1 is 1.09 bits per heavy atom. The van der Waals surface area contributed by atoms with Crippen LogP contribution in [0.15, 0.2) is 67.0 Å². The molecule has 7 nitrogen and oxygen atoms in total. The number of para-hydroxylation sites is 1. The molecule has 1 fully saturated rings. The van der Waals surface area contributed by atoms with Gasteiger partial charge < -0.3 is 9.80 Å². The Morgan fingerprint density at radius 2 is 1.88 bits per heavy atom. The number of likely N-dealkylation sites (tertiary alicyclic amines) is 1. The maximum atomic E-state index is 13.0. The predicted molar refractivity (Wildman–Crippen MR) is 134 cm³/mol. The van der Waals surface area contributed by atoms with Crippen LogP contribution in [0.4, 0.5) is 0 Å². The molecule has 4 aromatic rings. The van der Waals surface area contributed by atoms with Crippen LogP contribution in [0, 0.1) is 5.92 Å². The van der Waals surface area contributed by atoms with Gasteiger partial charge in [0.2, 0.25) is 0 Å². The molecule has 1 amide bonds. The van der Waals surface area contributed by atoms with Crippen LogP contribution in [0.25, 0.3) is 27.8 Å². The van der Waals surface area contributed by atoms with Crippen LogP contribution < -0.4 is 0 Å². The number of pyridine rings is 1. The average molecular weight is 455 g/mol. The van der Waals surface area contributed by atoms with Crippen molar-refractivity contribution < 1.29 is 4.79 Å². The van der Waals surface area contributed by atoms with Gasteiger partial charge in [0.05, 0.1) is 17.4 Å². The highest BCUT2D eigenvalue weighted by Crippen LogP contribution is 2.23. The topological polar surface area (TPSA) is 67.2 Å². The normalized spacial score (nSPS) is 16.0. The Hall–Kier alpha value is -3.58. The number of hydrogen-bond acceptors (Lipinski definition) is 5. The van der Waals surface area contributed by atoms with Gasteiger partial charge in [-0.2, -0.15) is 0 Å². The zero-order valence-electron chi connectivity index (χ0n) is 19.8. The van der Waals surface area contributed by atoms with Crippen LogP contribution in [0.1, 0.15) is 30.6 Å². The lowest BCUT2D eigenvalue weighted by molar-refractivity contribution is 0.0784. The summed E-state index contributed by atoms with van der Waals surface area (Å²) in [6.45, 7) is 9.24. The van der Waals surface area contributed by atoms with E-state index >= 15 is 0 Å². The second-order valence-corrected chi connectivity index (χ2v) is 8.90. The molecule has 1 saturated heterocycles. The number of carbonyl (C=O) groups excluding carboxylic acids is 1. The van der Waals surface area contributed by atoms with Crippen LogP contribution in [-0.4, -0.2) is 68.4 Å². The number of hydrogen-bond donors (Lipinski definition) is 0. The summed E-state index contributed by atoms with van der Waals surface area (Å²) in [5, 5.41) is 9.69. The molecule has 1 aliphatic heterocycles. The van der Waals surface area contributed by atoms with E-state index in [1.165, 1.54) is 0 Å². The van der Waals surface area contributed by atoms with Gasteiger partial charge in [-0.15, -0.1) is 5.10 Å². The van der Waals surface area contributed by atoms with Crippen LogP contribution >= 0.6 is 0 Å². The molecule has 7 heteroatoms. The molecule has 0 saturated carbocycles. The van der Waals surface area contributed by atoms with Gasteiger partial charge in [0.1, 0.15) is 5.69 Å². The van der Waals surface area contributed by atoms with Gasteiger partial charge in [-0.1, -0.05) is 37.3 Å². The summed E-state index contributed by atoms with van der Waals surface area (Å²) in [4.78, 5) is 22.0. The molecule has 2 aromatic carbocycles. The van der Waals surface area contributed by atoms with Gasteiger partial charge in [0.15, 0.2) is 0 Å². The molecule has 2 aromatic heterocycles. The fraction of sp³-hybridized carbons (Fsp3) is 0.333. The van der Waals surface area contributed by atoms with E-state index in [0.29, 0.717) is 11.5 Å². The van der Waals surface area contributed by atoms with Gasteiger partial charge >= 0.3 is 0 Å². The molecular weight excluding hydrogens is 424 g/mol. The highest BCUT2D eigenvalue weighted by Gasteiger charge is 2.27. The molecule has 1 aliphatic rings. The third-order valence-corrected chi connectivity index (χ3v) is 6.74. The van der Waals surface area contributed by atoms with Crippen molar-refractivity contribution in [1.82, 2.24) is 29.8 Å². The van der Waals surface area contributed by atoms with Crippen molar-refractivity contribution in [3.63, 3.8) is 0 Å². The second-order valence-electron chi connectivity index (χ2n) is 8.90. The fourth-order valence-corrected chi connectivity index (χ4v) is 4.69. The summed E-state index contributed by atoms with van der Waals surface area (Å²) in [7, 11) is 0. The lowest BCUT2D eigenvalue weighted by Gasteiger charge is -2.22. The van der Waals surface area contributed by atoms with Crippen LogP contribution in [0.3, 0.4) is 0 Å². The van der Waals surface area contributed by atoms with Crippen LogP contribution in [0.5, 0.6) is 0 Å². The van der Waals surface area contributed by atoms with E-state index in [2.05, 4.69) is 40.1 Å². The molecule has 0 aliphatic carbocycles. The summed E-state index contributed by atoms with van der Waals surface area (Å²) in [5.41, 5.74) is 4.22. The summed E-state index contributed by atoms with van der Waals surface area (Å²) in [6.07, 6.45) is 4.79. The predicted octanol–water partition coefficient (Wildman–Crippen LogP) is 4.29. The lowest BCUT2D eigenvalue weighted by Crippen LogP contribution is -2.33. The Labute approximate surface area is 200 Å². The maximum absolute atomic E-state index is 13.0. The van der Waals surface area contributed by atoms with Crippen molar-refractivity contribution in [1.29, 1.82) is 0 Å². The number of aromatic nitrogens is 4. The third-order valence-electron chi connectivity index (χ3n) is 6.74. The van der Waals surface area contributed by atoms with Crippen molar-refractivity contribution in [3.05, 3.63) is 72.6 Å². The lowest BCUT2D eigenvalue weighted by atomic mass is 10.1. The van der Waals surface area contributed by atoms with Crippen molar-refractivity contribution in [2.24, 2.45) is 5.92 Å². The van der Waals surface area contributed by atoms with Gasteiger partial charge in [-0.05, 0) is 61.8 Å². The Balaban J connectivity index is 1.26. The highest BCUT2D eigenvalue weighted by atomic mass is 16.2. The van der Waals surface area contributed by atoms with Crippen molar-refractivity contribution >= 4 is 16.8 Å². The average Bonchev–Trinajstić information content (AvgIpc) is 3.57. The van der Waals surface area contributed by atoms with E-state index in [1.807, 2.05) is 65.8 Å². The molecule has 1 atom stereocenters. The molecule has 0 spiro atoms. The minimum absolute atomic E-state index is 0.107. The van der Waals surface area contributed by atoms with E-state index in [4.69, 9.17) is 0 Å². The summed E-state index contributed by atoms with van der Waals surface area (Å²) in [6, 6.07) is 17.7. The summed E-state index contributed by atoms with van der Waals surface area (Å²) >= 11 is 0. The summed E-state index contributed by atoms with van der Waals surface area (Å²) in [5.74, 6) is 0.663. The monoisotopic (exact) mass is 454 g/mol. The van der Waals surface area contributed by atoms with Crippen molar-refractivity contribution in [2.45, 2.75) is 20.3 Å². The smallest absolute Gasteiger partial charge is 0.253 e. The number of amides is 1. The number of fused-ring (bicyclic) bond motifs is 1. The number of nitrogens with zero attached hydrogens (tertiary/aromatic N) is 6. The molecule has 34 heavy (non-hydrogen) atoms. The molecule has 3 heterocycles. The number of carbonyl (C=O) groups is 1. The maximum Gasteiger partial charge on any atom is 0.253 e. The first-order valence-electron chi connectivity index (χ1n) is 12.0. The SMILES string of the molecule is CCN(CC)CC1CCN(C(=O)c2ccc(-n3cc(-c4cnc5ccccc5c4)nn3)cc2)C1. The molecular formula is C27H30N6O. The number of benzene rings is 2. The van der Waals surface area contributed by atoms with E-state index in [0.717, 1.165) is 67.0 Å². The Bertz CT molecular complexity index is 1280. The zero-order chi connectivity index (χ0) is 23.5. The first-order chi connectivity index (χ1) is 16.6. The first kappa shape index (κ1) is 22.2. The van der Waals surface area contributed by atoms with Crippen molar-refractivity contribution in [3.8, 4) is 16.9 Å². The van der Waals surface area contributed by atoms with Gasteiger partial charge in [0.25, 0.3) is 5.91 Å². The quantitative estimate of drug-likeness (QED) is 0.417. The van der Waals surface area contributed by atoms with E-state index in [1.54, 1.807) is 4.68 Å².